The summed E-state index contributed by atoms with van der Waals surface area (Å²) in [6.07, 6.45) is 1.70. The summed E-state index contributed by atoms with van der Waals surface area (Å²) in [5.41, 5.74) is 1.92. The van der Waals surface area contributed by atoms with Gasteiger partial charge in [0.15, 0.2) is 9.84 Å². The highest BCUT2D eigenvalue weighted by Gasteiger charge is 2.16. The molecule has 0 aliphatic rings. The molecule has 1 aromatic heterocycles. The van der Waals surface area contributed by atoms with Crippen LogP contribution in [0.5, 0.6) is 0 Å². The second-order valence-corrected chi connectivity index (χ2v) is 8.86. The number of pyridine rings is 1. The monoisotopic (exact) mass is 409 g/mol. The van der Waals surface area contributed by atoms with Gasteiger partial charge < -0.3 is 10.2 Å². The zero-order valence-electron chi connectivity index (χ0n) is 16.4. The van der Waals surface area contributed by atoms with E-state index >= 15 is 0 Å². The van der Waals surface area contributed by atoms with Crippen LogP contribution < -0.4 is 10.2 Å². The smallest absolute Gasteiger partial charge is 0.251 e. The number of nitrogens with zero attached hydrogens (tertiary/aromatic N) is 2. The Morgan fingerprint density at radius 2 is 1.72 bits per heavy atom. The van der Waals surface area contributed by atoms with Gasteiger partial charge in [0.25, 0.3) is 5.91 Å². The molecule has 7 heteroatoms. The molecule has 1 amide bonds. The van der Waals surface area contributed by atoms with E-state index in [4.69, 9.17) is 0 Å². The summed E-state index contributed by atoms with van der Waals surface area (Å²) in [5.74, 6) is 0.395. The number of aromatic nitrogens is 1. The number of hydrogen-bond acceptors (Lipinski definition) is 5. The number of anilines is 1. The van der Waals surface area contributed by atoms with Crippen LogP contribution in [0.25, 0.3) is 0 Å². The van der Waals surface area contributed by atoms with Crippen LogP contribution in [0.3, 0.4) is 0 Å². The molecule has 1 heterocycles. The Morgan fingerprint density at radius 1 is 0.966 bits per heavy atom. The summed E-state index contributed by atoms with van der Waals surface area (Å²) in [6.45, 7) is 0.356. The highest BCUT2D eigenvalue weighted by atomic mass is 32.2. The Balaban J connectivity index is 1.69. The Hall–Kier alpha value is -3.19. The lowest BCUT2D eigenvalue weighted by molar-refractivity contribution is 0.0950. The number of nitrogens with one attached hydrogen (secondary N) is 1. The minimum Gasteiger partial charge on any atom is -0.363 e. The molecule has 0 unspecified atom stereocenters. The molecule has 0 aliphatic heterocycles. The van der Waals surface area contributed by atoms with Gasteiger partial charge in [0.1, 0.15) is 5.82 Å². The van der Waals surface area contributed by atoms with Crippen molar-refractivity contribution in [3.63, 3.8) is 0 Å². The van der Waals surface area contributed by atoms with Crippen LogP contribution >= 0.6 is 0 Å². The average molecular weight is 410 g/mol. The van der Waals surface area contributed by atoms with E-state index in [9.17, 15) is 13.2 Å². The maximum Gasteiger partial charge on any atom is 0.251 e. The molecule has 0 aliphatic carbocycles. The largest absolute Gasteiger partial charge is 0.363 e. The maximum absolute atomic E-state index is 12.6. The van der Waals surface area contributed by atoms with Crippen molar-refractivity contribution in [1.82, 2.24) is 10.3 Å². The van der Waals surface area contributed by atoms with Gasteiger partial charge in [-0.05, 0) is 47.5 Å². The van der Waals surface area contributed by atoms with Crippen LogP contribution in [-0.4, -0.2) is 33.4 Å². The summed E-state index contributed by atoms with van der Waals surface area (Å²) >= 11 is 0. The molecular formula is C22H23N3O3S. The Morgan fingerprint density at radius 3 is 2.45 bits per heavy atom. The quantitative estimate of drug-likeness (QED) is 0.649. The zero-order valence-corrected chi connectivity index (χ0v) is 17.2. The van der Waals surface area contributed by atoms with E-state index in [2.05, 4.69) is 10.3 Å². The molecule has 1 N–H and O–H groups in total. The van der Waals surface area contributed by atoms with E-state index in [1.165, 1.54) is 0 Å². The minimum absolute atomic E-state index is 0.158. The fourth-order valence-electron chi connectivity index (χ4n) is 2.83. The third-order valence-electron chi connectivity index (χ3n) is 4.37. The molecule has 0 saturated heterocycles. The molecule has 0 bridgehead atoms. The number of benzene rings is 2. The third-order valence-corrected chi connectivity index (χ3v) is 6.07. The van der Waals surface area contributed by atoms with E-state index in [-0.39, 0.29) is 16.6 Å². The maximum atomic E-state index is 12.6. The Kier molecular flexibility index (Phi) is 6.29. The summed E-state index contributed by atoms with van der Waals surface area (Å²) in [7, 11) is 0.338. The molecule has 0 atom stereocenters. The van der Waals surface area contributed by atoms with Gasteiger partial charge in [-0.15, -0.1) is 0 Å². The van der Waals surface area contributed by atoms with Gasteiger partial charge in [-0.25, -0.2) is 13.4 Å². The first-order valence-electron chi connectivity index (χ1n) is 9.12. The number of carbonyl (C=O) groups excluding carboxylic acids is 1. The van der Waals surface area contributed by atoms with Crippen molar-refractivity contribution in [2.45, 2.75) is 17.2 Å². The summed E-state index contributed by atoms with van der Waals surface area (Å²) in [6, 6.07) is 18.7. The predicted molar refractivity (Wildman–Crippen MR) is 114 cm³/mol. The summed E-state index contributed by atoms with van der Waals surface area (Å²) in [4.78, 5) is 18.9. The van der Waals surface area contributed by atoms with Gasteiger partial charge >= 0.3 is 0 Å². The first kappa shape index (κ1) is 20.5. The summed E-state index contributed by atoms with van der Waals surface area (Å²) < 4.78 is 25.1. The van der Waals surface area contributed by atoms with E-state index in [0.717, 1.165) is 11.4 Å². The SMILES string of the molecule is CN(C)c1cc(CNC(=O)c2cccc(CS(=O)(=O)c3ccccc3)c2)ccn1. The van der Waals surface area contributed by atoms with Crippen molar-refractivity contribution in [1.29, 1.82) is 0 Å². The first-order chi connectivity index (χ1) is 13.8. The van der Waals surface area contributed by atoms with Gasteiger partial charge in [0, 0.05) is 32.4 Å². The van der Waals surface area contributed by atoms with Crippen LogP contribution in [-0.2, 0) is 22.1 Å². The Labute approximate surface area is 171 Å². The predicted octanol–water partition coefficient (Wildman–Crippen LogP) is 3.05. The standard InChI is InChI=1S/C22H23N3O3S/c1-25(2)21-14-17(11-12-23-21)15-24-22(26)19-8-6-7-18(13-19)16-29(27,28)20-9-4-3-5-10-20/h3-14H,15-16H2,1-2H3,(H,24,26). The molecule has 0 spiro atoms. The van der Waals surface area contributed by atoms with E-state index in [1.807, 2.05) is 31.1 Å². The Bertz CT molecular complexity index is 1100. The van der Waals surface area contributed by atoms with Gasteiger partial charge in [-0.1, -0.05) is 30.3 Å². The molecule has 0 fully saturated rings. The molecule has 3 aromatic rings. The molecule has 3 rings (SSSR count). The zero-order chi connectivity index (χ0) is 20.9. The van der Waals surface area contributed by atoms with Gasteiger partial charge in [0.05, 0.1) is 10.6 Å². The van der Waals surface area contributed by atoms with Crippen LogP contribution in [0.4, 0.5) is 5.82 Å². The van der Waals surface area contributed by atoms with Crippen molar-refractivity contribution in [3.8, 4) is 0 Å². The minimum atomic E-state index is -3.47. The van der Waals surface area contributed by atoms with Crippen LogP contribution in [0.2, 0.25) is 0 Å². The van der Waals surface area contributed by atoms with Crippen molar-refractivity contribution in [2.24, 2.45) is 0 Å². The molecule has 150 valence electrons. The van der Waals surface area contributed by atoms with Gasteiger partial charge in [-0.3, -0.25) is 4.79 Å². The van der Waals surface area contributed by atoms with Crippen LogP contribution in [0.15, 0.2) is 77.8 Å². The van der Waals surface area contributed by atoms with Gasteiger partial charge in [-0.2, -0.15) is 0 Å². The summed E-state index contributed by atoms with van der Waals surface area (Å²) in [5, 5.41) is 2.87. The highest BCUT2D eigenvalue weighted by Crippen LogP contribution is 2.17. The fraction of sp³-hybridized carbons (Fsp3) is 0.182. The van der Waals surface area contributed by atoms with E-state index < -0.39 is 9.84 Å². The molecule has 2 aromatic carbocycles. The topological polar surface area (TPSA) is 79.4 Å². The van der Waals surface area contributed by atoms with E-state index in [0.29, 0.717) is 17.7 Å². The van der Waals surface area contributed by atoms with Crippen molar-refractivity contribution < 1.29 is 13.2 Å². The molecule has 0 saturated carbocycles. The second kappa shape index (κ2) is 8.87. The van der Waals surface area contributed by atoms with Crippen LogP contribution in [0, 0.1) is 0 Å². The number of carbonyl (C=O) groups is 1. The first-order valence-corrected chi connectivity index (χ1v) is 10.8. The lowest BCUT2D eigenvalue weighted by Gasteiger charge is -2.12. The van der Waals surface area contributed by atoms with Crippen LogP contribution in [0.1, 0.15) is 21.5 Å². The van der Waals surface area contributed by atoms with E-state index in [1.54, 1.807) is 60.8 Å². The molecule has 6 nitrogen and oxygen atoms in total. The van der Waals surface area contributed by atoms with Gasteiger partial charge in [0.2, 0.25) is 0 Å². The van der Waals surface area contributed by atoms with Crippen molar-refractivity contribution in [2.75, 3.05) is 19.0 Å². The highest BCUT2D eigenvalue weighted by molar-refractivity contribution is 7.90. The lowest BCUT2D eigenvalue weighted by Crippen LogP contribution is -2.23. The number of hydrogen-bond donors (Lipinski definition) is 1. The number of rotatable bonds is 7. The number of sulfone groups is 1. The normalized spacial score (nSPS) is 11.1. The lowest BCUT2D eigenvalue weighted by atomic mass is 10.1. The second-order valence-electron chi connectivity index (χ2n) is 6.87. The molecule has 29 heavy (non-hydrogen) atoms. The fourth-order valence-corrected chi connectivity index (χ4v) is 4.19. The molecular weight excluding hydrogens is 386 g/mol. The van der Waals surface area contributed by atoms with Crippen molar-refractivity contribution >= 4 is 21.6 Å². The third kappa shape index (κ3) is 5.42. The number of amides is 1. The molecule has 0 radical (unpaired) electrons. The average Bonchev–Trinajstić information content (AvgIpc) is 2.72. The van der Waals surface area contributed by atoms with Crippen molar-refractivity contribution in [3.05, 3.63) is 89.6 Å².